The molecular formula is C25H31FN4. The molecule has 0 saturated heterocycles. The minimum Gasteiger partial charge on any atom is -0.268 e. The van der Waals surface area contributed by atoms with Gasteiger partial charge in [0.05, 0.1) is 22.9 Å². The van der Waals surface area contributed by atoms with Crippen LogP contribution in [0.5, 0.6) is 0 Å². The van der Waals surface area contributed by atoms with Crippen LogP contribution in [-0.4, -0.2) is 19.6 Å². The number of nitrogens with zero attached hydrogens (tertiary/aromatic N) is 4. The van der Waals surface area contributed by atoms with E-state index in [0.717, 1.165) is 34.0 Å². The maximum atomic E-state index is 14.8. The number of hydrogen-bond acceptors (Lipinski definition) is 2. The first-order chi connectivity index (χ1) is 13.9. The van der Waals surface area contributed by atoms with Crippen molar-refractivity contribution < 1.29 is 4.39 Å². The second-order valence-electron chi connectivity index (χ2n) is 10.2. The number of halogens is 1. The van der Waals surface area contributed by atoms with Gasteiger partial charge in [0.2, 0.25) is 0 Å². The van der Waals surface area contributed by atoms with Crippen LogP contribution in [0.1, 0.15) is 57.0 Å². The van der Waals surface area contributed by atoms with Gasteiger partial charge in [-0.1, -0.05) is 46.8 Å². The normalized spacial score (nSPS) is 13.0. The minimum absolute atomic E-state index is 0.167. The average Bonchev–Trinajstić information content (AvgIpc) is 3.14. The summed E-state index contributed by atoms with van der Waals surface area (Å²) < 4.78 is 18.6. The Kier molecular flexibility index (Phi) is 4.57. The van der Waals surface area contributed by atoms with E-state index in [1.807, 2.05) is 56.5 Å². The molecule has 0 aliphatic heterocycles. The minimum atomic E-state index is -0.304. The highest BCUT2D eigenvalue weighted by molar-refractivity contribution is 5.87. The van der Waals surface area contributed by atoms with Crippen molar-refractivity contribution in [2.75, 3.05) is 0 Å². The number of rotatable bonds is 3. The molecule has 0 fully saturated rings. The number of benzene rings is 2. The van der Waals surface area contributed by atoms with Crippen LogP contribution in [0.2, 0.25) is 0 Å². The van der Waals surface area contributed by atoms with Gasteiger partial charge in [0.1, 0.15) is 5.82 Å². The Morgan fingerprint density at radius 2 is 1.60 bits per heavy atom. The highest BCUT2D eigenvalue weighted by Crippen LogP contribution is 2.39. The smallest absolute Gasteiger partial charge is 0.129 e. The molecule has 0 amide bonds. The van der Waals surface area contributed by atoms with Crippen LogP contribution in [-0.2, 0) is 31.3 Å². The predicted molar refractivity (Wildman–Crippen MR) is 122 cm³/mol. The Hall–Kier alpha value is -2.69. The molecule has 4 aromatic rings. The summed E-state index contributed by atoms with van der Waals surface area (Å²) in [6, 6.07) is 7.78. The second kappa shape index (κ2) is 6.66. The molecule has 2 heterocycles. The van der Waals surface area contributed by atoms with Gasteiger partial charge in [-0.3, -0.25) is 9.36 Å². The lowest BCUT2D eigenvalue weighted by Gasteiger charge is -2.28. The van der Waals surface area contributed by atoms with Crippen LogP contribution in [0.3, 0.4) is 0 Å². The van der Waals surface area contributed by atoms with Gasteiger partial charge < -0.3 is 0 Å². The number of aryl methyl sites for hydroxylation is 3. The van der Waals surface area contributed by atoms with E-state index in [1.54, 1.807) is 6.07 Å². The molecule has 0 unspecified atom stereocenters. The Balaban J connectivity index is 1.90. The van der Waals surface area contributed by atoms with Crippen LogP contribution < -0.4 is 0 Å². The highest BCUT2D eigenvalue weighted by Gasteiger charge is 2.31. The van der Waals surface area contributed by atoms with Crippen LogP contribution in [0.15, 0.2) is 30.5 Å². The third-order valence-corrected chi connectivity index (χ3v) is 6.18. The molecule has 4 nitrogen and oxygen atoms in total. The van der Waals surface area contributed by atoms with Gasteiger partial charge in [0.25, 0.3) is 0 Å². The summed E-state index contributed by atoms with van der Waals surface area (Å²) in [5, 5.41) is 11.5. The summed E-state index contributed by atoms with van der Waals surface area (Å²) in [4.78, 5) is 0. The molecule has 2 aromatic carbocycles. The van der Waals surface area contributed by atoms with E-state index in [-0.39, 0.29) is 16.6 Å². The van der Waals surface area contributed by atoms with Crippen LogP contribution >= 0.6 is 0 Å². The Labute approximate surface area is 177 Å². The molecule has 30 heavy (non-hydrogen) atoms. The van der Waals surface area contributed by atoms with Crippen LogP contribution in [0.25, 0.3) is 21.8 Å². The fraction of sp³-hybridized carbons (Fsp3) is 0.440. The van der Waals surface area contributed by atoms with Crippen molar-refractivity contribution in [3.05, 3.63) is 58.7 Å². The van der Waals surface area contributed by atoms with Crippen LogP contribution in [0, 0.1) is 12.7 Å². The largest absolute Gasteiger partial charge is 0.268 e. The highest BCUT2D eigenvalue weighted by atomic mass is 19.1. The van der Waals surface area contributed by atoms with E-state index in [1.165, 1.54) is 16.6 Å². The molecule has 0 bridgehead atoms. The molecule has 0 saturated carbocycles. The van der Waals surface area contributed by atoms with E-state index in [2.05, 4.69) is 38.0 Å². The monoisotopic (exact) mass is 406 g/mol. The lowest BCUT2D eigenvalue weighted by molar-refractivity contribution is 0.510. The number of fused-ring (bicyclic) bond motifs is 2. The van der Waals surface area contributed by atoms with Gasteiger partial charge in [-0.15, -0.1) is 0 Å². The fourth-order valence-electron chi connectivity index (χ4n) is 4.99. The van der Waals surface area contributed by atoms with E-state index in [9.17, 15) is 4.39 Å². The first kappa shape index (κ1) is 20.6. The molecule has 0 N–H and O–H groups in total. The predicted octanol–water partition coefficient (Wildman–Crippen LogP) is 5.73. The summed E-state index contributed by atoms with van der Waals surface area (Å²) in [6.07, 6.45) is 2.67. The van der Waals surface area contributed by atoms with Crippen molar-refractivity contribution in [1.29, 1.82) is 0 Å². The van der Waals surface area contributed by atoms with Crippen molar-refractivity contribution in [3.8, 4) is 0 Å². The van der Waals surface area contributed by atoms with Gasteiger partial charge >= 0.3 is 0 Å². The zero-order valence-corrected chi connectivity index (χ0v) is 19.3. The third-order valence-electron chi connectivity index (χ3n) is 6.18. The molecule has 2 aromatic heterocycles. The van der Waals surface area contributed by atoms with Crippen LogP contribution in [0.4, 0.5) is 4.39 Å². The first-order valence-electron chi connectivity index (χ1n) is 10.5. The van der Waals surface area contributed by atoms with Crippen molar-refractivity contribution in [2.24, 2.45) is 14.1 Å². The van der Waals surface area contributed by atoms with Gasteiger partial charge in [0, 0.05) is 36.9 Å². The topological polar surface area (TPSA) is 35.6 Å². The molecule has 0 aliphatic carbocycles. The maximum absolute atomic E-state index is 14.8. The summed E-state index contributed by atoms with van der Waals surface area (Å²) in [6.45, 7) is 12.8. The summed E-state index contributed by atoms with van der Waals surface area (Å²) in [5.74, 6) is -0.167. The Bertz CT molecular complexity index is 1270. The zero-order chi connectivity index (χ0) is 22.0. The third kappa shape index (κ3) is 3.11. The summed E-state index contributed by atoms with van der Waals surface area (Å²) >= 11 is 0. The lowest BCUT2D eigenvalue weighted by atomic mass is 9.76. The quantitative estimate of drug-likeness (QED) is 0.436. The Morgan fingerprint density at radius 1 is 0.900 bits per heavy atom. The van der Waals surface area contributed by atoms with Gasteiger partial charge in [-0.05, 0) is 41.0 Å². The van der Waals surface area contributed by atoms with Gasteiger partial charge in [-0.2, -0.15) is 10.2 Å². The average molecular weight is 407 g/mol. The van der Waals surface area contributed by atoms with E-state index in [0.29, 0.717) is 0 Å². The molecule has 4 rings (SSSR count). The van der Waals surface area contributed by atoms with E-state index < -0.39 is 0 Å². The van der Waals surface area contributed by atoms with Gasteiger partial charge in [-0.25, -0.2) is 4.39 Å². The molecule has 158 valence electrons. The summed E-state index contributed by atoms with van der Waals surface area (Å²) in [7, 11) is 3.91. The molecule has 0 spiro atoms. The molecule has 0 radical (unpaired) electrons. The second-order valence-corrected chi connectivity index (χ2v) is 10.2. The number of aromatic nitrogens is 4. The van der Waals surface area contributed by atoms with E-state index >= 15 is 0 Å². The van der Waals surface area contributed by atoms with Crippen molar-refractivity contribution in [3.63, 3.8) is 0 Å². The fourth-order valence-corrected chi connectivity index (χ4v) is 4.99. The Morgan fingerprint density at radius 3 is 2.27 bits per heavy atom. The van der Waals surface area contributed by atoms with Crippen molar-refractivity contribution in [1.82, 2.24) is 19.6 Å². The lowest BCUT2D eigenvalue weighted by Crippen LogP contribution is -2.23. The standard InChI is InChI=1S/C25H31FN4/c1-15-9-10-16-14-27-29(7)22(16)20(15)25(5,6)13-19-17-11-12-18(26)21(24(2,3)4)23(17)30(8)28-19/h9-12,14H,13H2,1-8H3. The zero-order valence-electron chi connectivity index (χ0n) is 19.3. The molecule has 5 heteroatoms. The summed E-state index contributed by atoms with van der Waals surface area (Å²) in [5.41, 5.74) is 5.85. The van der Waals surface area contributed by atoms with Crippen molar-refractivity contribution in [2.45, 2.75) is 58.8 Å². The molecular weight excluding hydrogens is 375 g/mol. The molecule has 0 aliphatic rings. The van der Waals surface area contributed by atoms with E-state index in [4.69, 9.17) is 5.10 Å². The number of hydrogen-bond donors (Lipinski definition) is 0. The SMILES string of the molecule is Cc1ccc2cnn(C)c2c1C(C)(C)Cc1nn(C)c2c(C(C)(C)C)c(F)ccc12. The molecule has 0 atom stereocenters. The first-order valence-corrected chi connectivity index (χ1v) is 10.5. The maximum Gasteiger partial charge on any atom is 0.129 e. The van der Waals surface area contributed by atoms with Crippen molar-refractivity contribution >= 4 is 21.8 Å². The van der Waals surface area contributed by atoms with Gasteiger partial charge in [0.15, 0.2) is 0 Å².